The Kier molecular flexibility index (Phi) is 3.96. The summed E-state index contributed by atoms with van der Waals surface area (Å²) in [6.45, 7) is 0.227. The molecule has 156 valence electrons. The number of fused-ring (bicyclic) bond motifs is 4. The Morgan fingerprint density at radius 1 is 1.00 bits per heavy atom. The van der Waals surface area contributed by atoms with Crippen LogP contribution in [0.25, 0.3) is 0 Å². The average Bonchev–Trinajstić information content (AvgIpc) is 3.46. The van der Waals surface area contributed by atoms with Crippen molar-refractivity contribution in [3.05, 3.63) is 77.4 Å². The van der Waals surface area contributed by atoms with Crippen molar-refractivity contribution in [2.75, 3.05) is 13.9 Å². The van der Waals surface area contributed by atoms with Crippen LogP contribution in [0.2, 0.25) is 0 Å². The van der Waals surface area contributed by atoms with Crippen molar-refractivity contribution in [2.45, 2.75) is 18.7 Å². The fraction of sp³-hybridized carbons (Fsp3) is 0.208. The quantitative estimate of drug-likeness (QED) is 0.684. The lowest BCUT2D eigenvalue weighted by atomic mass is 9.95. The molecular weight excluding hydrogens is 396 g/mol. The van der Waals surface area contributed by atoms with Crippen molar-refractivity contribution in [3.63, 3.8) is 0 Å². The molecule has 0 radical (unpaired) electrons. The van der Waals surface area contributed by atoms with Crippen LogP contribution in [0.5, 0.6) is 28.7 Å². The third kappa shape index (κ3) is 2.84. The monoisotopic (exact) mass is 416 g/mol. The second-order valence-corrected chi connectivity index (χ2v) is 7.65. The Labute approximate surface area is 179 Å². The third-order valence-corrected chi connectivity index (χ3v) is 5.89. The highest BCUT2D eigenvalue weighted by molar-refractivity contribution is 6.02. The van der Waals surface area contributed by atoms with E-state index in [4.69, 9.17) is 24.0 Å². The highest BCUT2D eigenvalue weighted by Crippen LogP contribution is 2.48. The number of nitrogens with zero attached hydrogens (tertiary/aromatic N) is 2. The van der Waals surface area contributed by atoms with Crippen LogP contribution in [0.4, 0.5) is 0 Å². The minimum Gasteiger partial charge on any atom is -0.504 e. The molecule has 0 spiro atoms. The summed E-state index contributed by atoms with van der Waals surface area (Å²) in [4.78, 5) is 0. The topological polar surface area (TPSA) is 72.8 Å². The number of methoxy groups -OCH3 is 1. The van der Waals surface area contributed by atoms with E-state index in [1.165, 1.54) is 7.11 Å². The Hall–Kier alpha value is -3.87. The minimum atomic E-state index is -0.397. The first-order valence-corrected chi connectivity index (χ1v) is 10.1. The van der Waals surface area contributed by atoms with Gasteiger partial charge in [-0.25, -0.2) is 5.01 Å². The van der Waals surface area contributed by atoms with Crippen LogP contribution in [-0.4, -0.2) is 29.7 Å². The first-order chi connectivity index (χ1) is 15.2. The van der Waals surface area contributed by atoms with Crippen molar-refractivity contribution in [2.24, 2.45) is 5.10 Å². The molecule has 3 aromatic rings. The number of phenols is 1. The SMILES string of the molecule is COc1cc(C2=NN3C(C2)c2ccccc2OC3c2ccc3c(c2)OCO3)ccc1O. The molecule has 7 heteroatoms. The molecule has 3 aliphatic rings. The first kappa shape index (κ1) is 17.9. The van der Waals surface area contributed by atoms with Crippen LogP contribution in [0.15, 0.2) is 65.8 Å². The number of hydrogen-bond acceptors (Lipinski definition) is 7. The van der Waals surface area contributed by atoms with E-state index in [9.17, 15) is 5.11 Å². The molecule has 3 heterocycles. The van der Waals surface area contributed by atoms with Crippen molar-refractivity contribution in [1.82, 2.24) is 5.01 Å². The van der Waals surface area contributed by atoms with Gasteiger partial charge in [0.25, 0.3) is 0 Å². The van der Waals surface area contributed by atoms with Gasteiger partial charge in [0.15, 0.2) is 23.0 Å². The van der Waals surface area contributed by atoms with E-state index < -0.39 is 6.23 Å². The van der Waals surface area contributed by atoms with Gasteiger partial charge in [0.05, 0.1) is 18.9 Å². The molecule has 3 aromatic carbocycles. The molecule has 0 saturated heterocycles. The fourth-order valence-electron chi connectivity index (χ4n) is 4.35. The predicted molar refractivity (Wildman–Crippen MR) is 113 cm³/mol. The number of para-hydroxylation sites is 1. The molecule has 0 bridgehead atoms. The Bertz CT molecular complexity index is 1210. The normalized spacial score (nSPS) is 20.5. The first-order valence-electron chi connectivity index (χ1n) is 10.1. The van der Waals surface area contributed by atoms with Gasteiger partial charge in [-0.3, -0.25) is 0 Å². The molecule has 2 atom stereocenters. The molecule has 0 amide bonds. The number of ether oxygens (including phenoxy) is 4. The van der Waals surface area contributed by atoms with Crippen molar-refractivity contribution >= 4 is 5.71 Å². The van der Waals surface area contributed by atoms with Crippen LogP contribution in [-0.2, 0) is 0 Å². The lowest BCUT2D eigenvalue weighted by Crippen LogP contribution is -2.33. The number of aromatic hydroxyl groups is 1. The summed E-state index contributed by atoms with van der Waals surface area (Å²) in [6, 6.07) is 19.3. The zero-order chi connectivity index (χ0) is 20.9. The van der Waals surface area contributed by atoms with Crippen molar-refractivity contribution in [3.8, 4) is 28.7 Å². The maximum Gasteiger partial charge on any atom is 0.231 e. The van der Waals surface area contributed by atoms with Crippen LogP contribution in [0.3, 0.4) is 0 Å². The van der Waals surface area contributed by atoms with Gasteiger partial charge in [0, 0.05) is 23.1 Å². The number of hydrazone groups is 1. The van der Waals surface area contributed by atoms with Gasteiger partial charge in [0.2, 0.25) is 13.0 Å². The summed E-state index contributed by atoms with van der Waals surface area (Å²) in [6.07, 6.45) is 0.320. The summed E-state index contributed by atoms with van der Waals surface area (Å²) < 4.78 is 22.7. The molecule has 31 heavy (non-hydrogen) atoms. The maximum absolute atomic E-state index is 9.96. The third-order valence-electron chi connectivity index (χ3n) is 5.89. The van der Waals surface area contributed by atoms with E-state index >= 15 is 0 Å². The Balaban J connectivity index is 1.43. The molecule has 6 rings (SSSR count). The molecule has 0 aromatic heterocycles. The van der Waals surface area contributed by atoms with E-state index in [1.54, 1.807) is 6.07 Å². The van der Waals surface area contributed by atoms with Gasteiger partial charge in [-0.15, -0.1) is 0 Å². The Morgan fingerprint density at radius 2 is 1.87 bits per heavy atom. The largest absolute Gasteiger partial charge is 0.504 e. The molecule has 2 unspecified atom stereocenters. The second-order valence-electron chi connectivity index (χ2n) is 7.65. The lowest BCUT2D eigenvalue weighted by Gasteiger charge is -2.38. The number of phenolic OH excluding ortho intramolecular Hbond substituents is 1. The van der Waals surface area contributed by atoms with Gasteiger partial charge in [-0.05, 0) is 42.5 Å². The zero-order valence-corrected chi connectivity index (χ0v) is 16.8. The molecule has 0 fully saturated rings. The smallest absolute Gasteiger partial charge is 0.231 e. The molecule has 3 aliphatic heterocycles. The minimum absolute atomic E-state index is 0.0372. The zero-order valence-electron chi connectivity index (χ0n) is 16.8. The second kappa shape index (κ2) is 6.84. The maximum atomic E-state index is 9.96. The predicted octanol–water partition coefficient (Wildman–Crippen LogP) is 4.37. The Morgan fingerprint density at radius 3 is 2.77 bits per heavy atom. The molecule has 0 saturated carbocycles. The van der Waals surface area contributed by atoms with Gasteiger partial charge in [0.1, 0.15) is 5.75 Å². The lowest BCUT2D eigenvalue weighted by molar-refractivity contribution is -0.0191. The number of benzene rings is 3. The molecule has 1 N–H and O–H groups in total. The average molecular weight is 416 g/mol. The molecule has 7 nitrogen and oxygen atoms in total. The molecule has 0 aliphatic carbocycles. The van der Waals surface area contributed by atoms with Crippen LogP contribution < -0.4 is 18.9 Å². The highest BCUT2D eigenvalue weighted by atomic mass is 16.7. The van der Waals surface area contributed by atoms with E-state index in [0.717, 1.165) is 40.3 Å². The van der Waals surface area contributed by atoms with Crippen LogP contribution in [0.1, 0.15) is 35.4 Å². The van der Waals surface area contributed by atoms with Gasteiger partial charge in [-0.1, -0.05) is 18.2 Å². The molecular formula is C24H20N2O5. The summed E-state index contributed by atoms with van der Waals surface area (Å²) >= 11 is 0. The fourth-order valence-corrected chi connectivity index (χ4v) is 4.35. The van der Waals surface area contributed by atoms with E-state index in [-0.39, 0.29) is 18.6 Å². The van der Waals surface area contributed by atoms with Gasteiger partial charge in [-0.2, -0.15) is 5.10 Å². The summed E-state index contributed by atoms with van der Waals surface area (Å²) in [5, 5.41) is 16.9. The van der Waals surface area contributed by atoms with E-state index in [2.05, 4.69) is 6.07 Å². The van der Waals surface area contributed by atoms with Crippen LogP contribution >= 0.6 is 0 Å². The number of hydrogen-bond donors (Lipinski definition) is 1. The van der Waals surface area contributed by atoms with Crippen LogP contribution in [0, 0.1) is 0 Å². The summed E-state index contributed by atoms with van der Waals surface area (Å²) in [5.74, 6) is 2.83. The summed E-state index contributed by atoms with van der Waals surface area (Å²) in [5.41, 5.74) is 3.86. The van der Waals surface area contributed by atoms with Crippen molar-refractivity contribution in [1.29, 1.82) is 0 Å². The van der Waals surface area contributed by atoms with Gasteiger partial charge < -0.3 is 24.1 Å². The van der Waals surface area contributed by atoms with Gasteiger partial charge >= 0.3 is 0 Å². The van der Waals surface area contributed by atoms with Crippen molar-refractivity contribution < 1.29 is 24.1 Å². The van der Waals surface area contributed by atoms with E-state index in [1.807, 2.05) is 53.5 Å². The van der Waals surface area contributed by atoms with E-state index in [0.29, 0.717) is 11.5 Å². The highest BCUT2D eigenvalue weighted by Gasteiger charge is 2.41. The summed E-state index contributed by atoms with van der Waals surface area (Å²) in [7, 11) is 1.54. The number of rotatable bonds is 3. The standard InChI is InChI=1S/C24H20N2O5/c1-28-22-10-14(6-8-19(22)27)17-12-18-16-4-2-3-5-20(16)31-24(26(18)25-17)15-7-9-21-23(11-15)30-13-29-21/h2-11,18,24,27H,12-13H2,1H3.